The van der Waals surface area contributed by atoms with E-state index in [4.69, 9.17) is 0 Å². The summed E-state index contributed by atoms with van der Waals surface area (Å²) in [5.74, 6) is -0.309. The number of anilines is 1. The number of carbonyl (C=O) groups excluding carboxylic acids is 1. The third-order valence-corrected chi connectivity index (χ3v) is 4.89. The second-order valence-corrected chi connectivity index (χ2v) is 6.88. The number of nitrogens with one attached hydrogen (secondary N) is 2. The van der Waals surface area contributed by atoms with Crippen LogP contribution in [0.1, 0.15) is 37.4 Å². The van der Waals surface area contributed by atoms with E-state index in [-0.39, 0.29) is 23.4 Å². The van der Waals surface area contributed by atoms with Gasteiger partial charge in [-0.15, -0.1) is 0 Å². The number of nitrogens with zero attached hydrogens (tertiary/aromatic N) is 1. The van der Waals surface area contributed by atoms with Crippen LogP contribution in [0.4, 0.5) is 14.9 Å². The molecule has 28 heavy (non-hydrogen) atoms. The number of hydrogen-bond acceptors (Lipinski definition) is 2. The lowest BCUT2D eigenvalue weighted by molar-refractivity contribution is 0.193. The van der Waals surface area contributed by atoms with Crippen LogP contribution in [-0.4, -0.2) is 22.5 Å². The minimum atomic E-state index is -0.309. The van der Waals surface area contributed by atoms with Crippen molar-refractivity contribution in [2.75, 3.05) is 11.9 Å². The number of aromatic amines is 1. The molecule has 6 heteroatoms. The summed E-state index contributed by atoms with van der Waals surface area (Å²) in [6.45, 7) is 6.13. The number of fused-ring (bicyclic) bond motifs is 1. The zero-order valence-electron chi connectivity index (χ0n) is 16.3. The summed E-state index contributed by atoms with van der Waals surface area (Å²) in [4.78, 5) is 29.6. The Balaban J connectivity index is 1.93. The van der Waals surface area contributed by atoms with Crippen LogP contribution in [-0.2, 0) is 0 Å². The molecule has 1 aromatic heterocycles. The summed E-state index contributed by atoms with van der Waals surface area (Å²) in [5, 5.41) is 4.27. The van der Waals surface area contributed by atoms with E-state index in [1.807, 2.05) is 32.0 Å². The number of halogens is 1. The first-order valence-electron chi connectivity index (χ1n) is 9.36. The van der Waals surface area contributed by atoms with Crippen molar-refractivity contribution in [1.82, 2.24) is 9.88 Å². The summed E-state index contributed by atoms with van der Waals surface area (Å²) in [5.41, 5.74) is 1.73. The quantitative estimate of drug-likeness (QED) is 0.654. The lowest BCUT2D eigenvalue weighted by atomic mass is 10.0. The van der Waals surface area contributed by atoms with Crippen LogP contribution < -0.4 is 10.9 Å². The predicted octanol–water partition coefficient (Wildman–Crippen LogP) is 4.98. The van der Waals surface area contributed by atoms with Crippen LogP contribution in [0.5, 0.6) is 0 Å². The van der Waals surface area contributed by atoms with E-state index in [2.05, 4.69) is 10.3 Å². The van der Waals surface area contributed by atoms with Crippen molar-refractivity contribution in [3.8, 4) is 0 Å². The van der Waals surface area contributed by atoms with Crippen molar-refractivity contribution >= 4 is 22.5 Å². The number of aryl methyl sites for hydroxylation is 1. The smallest absolute Gasteiger partial charge is 0.322 e. The van der Waals surface area contributed by atoms with E-state index in [0.717, 1.165) is 17.4 Å². The molecule has 2 aromatic carbocycles. The normalized spacial score (nSPS) is 12.0. The van der Waals surface area contributed by atoms with Gasteiger partial charge < -0.3 is 15.2 Å². The first-order valence-corrected chi connectivity index (χ1v) is 9.36. The Hall–Kier alpha value is -3.15. The van der Waals surface area contributed by atoms with Gasteiger partial charge in [-0.2, -0.15) is 0 Å². The van der Waals surface area contributed by atoms with Crippen molar-refractivity contribution in [2.24, 2.45) is 0 Å². The Labute approximate surface area is 163 Å². The average molecular weight is 381 g/mol. The van der Waals surface area contributed by atoms with Gasteiger partial charge in [-0.1, -0.05) is 25.1 Å². The number of benzene rings is 2. The van der Waals surface area contributed by atoms with E-state index in [1.54, 1.807) is 36.2 Å². The molecule has 0 aliphatic heterocycles. The lowest BCUT2D eigenvalue weighted by Gasteiger charge is -2.30. The van der Waals surface area contributed by atoms with Crippen molar-refractivity contribution in [3.05, 3.63) is 76.0 Å². The maximum atomic E-state index is 13.5. The minimum absolute atomic E-state index is 0.153. The zero-order chi connectivity index (χ0) is 20.3. The maximum Gasteiger partial charge on any atom is 0.322 e. The van der Waals surface area contributed by atoms with Gasteiger partial charge in [-0.25, -0.2) is 9.18 Å². The molecular formula is C22H24FN3O2. The summed E-state index contributed by atoms with van der Waals surface area (Å²) in [6.07, 6.45) is 2.45. The van der Waals surface area contributed by atoms with Crippen molar-refractivity contribution in [1.29, 1.82) is 0 Å². The Morgan fingerprint density at radius 1 is 1.21 bits per heavy atom. The fourth-order valence-electron chi connectivity index (χ4n) is 3.37. The zero-order valence-corrected chi connectivity index (χ0v) is 16.3. The highest BCUT2D eigenvalue weighted by atomic mass is 19.1. The first kappa shape index (κ1) is 19.6. The third kappa shape index (κ3) is 3.91. The molecule has 0 saturated heterocycles. The number of hydrogen-bond donors (Lipinski definition) is 2. The fraction of sp³-hybridized carbons (Fsp3) is 0.273. The second-order valence-electron chi connectivity index (χ2n) is 6.88. The Morgan fingerprint density at radius 2 is 1.93 bits per heavy atom. The molecule has 146 valence electrons. The molecule has 0 spiro atoms. The summed E-state index contributed by atoms with van der Waals surface area (Å²) >= 11 is 0. The number of amides is 2. The van der Waals surface area contributed by atoms with Crippen LogP contribution in [0, 0.1) is 12.7 Å². The molecule has 0 aliphatic carbocycles. The fourth-order valence-corrected chi connectivity index (χ4v) is 3.37. The van der Waals surface area contributed by atoms with E-state index in [1.165, 1.54) is 6.07 Å². The lowest BCUT2D eigenvalue weighted by Crippen LogP contribution is -2.38. The number of rotatable bonds is 5. The highest BCUT2D eigenvalue weighted by Crippen LogP contribution is 2.27. The van der Waals surface area contributed by atoms with Crippen molar-refractivity contribution in [3.63, 3.8) is 0 Å². The van der Waals surface area contributed by atoms with Gasteiger partial charge in [0.25, 0.3) is 5.56 Å². The Kier molecular flexibility index (Phi) is 5.78. The highest BCUT2D eigenvalue weighted by Gasteiger charge is 2.23. The number of aromatic nitrogens is 1. The molecule has 2 N–H and O–H groups in total. The molecule has 3 rings (SSSR count). The molecule has 5 nitrogen and oxygen atoms in total. The Morgan fingerprint density at radius 3 is 2.61 bits per heavy atom. The van der Waals surface area contributed by atoms with E-state index in [9.17, 15) is 14.0 Å². The van der Waals surface area contributed by atoms with Crippen LogP contribution in [0.2, 0.25) is 0 Å². The highest BCUT2D eigenvalue weighted by molar-refractivity contribution is 5.91. The van der Waals surface area contributed by atoms with Gasteiger partial charge in [0.2, 0.25) is 0 Å². The molecule has 0 bridgehead atoms. The van der Waals surface area contributed by atoms with Gasteiger partial charge >= 0.3 is 6.03 Å². The molecule has 3 aromatic rings. The second kappa shape index (κ2) is 8.25. The largest absolute Gasteiger partial charge is 0.328 e. The molecule has 2 amide bonds. The number of carbonyl (C=O) groups is 1. The molecule has 1 heterocycles. The van der Waals surface area contributed by atoms with Gasteiger partial charge in [0.05, 0.1) is 6.04 Å². The van der Waals surface area contributed by atoms with Crippen molar-refractivity contribution < 1.29 is 9.18 Å². The Bertz CT molecular complexity index is 1060. The molecule has 0 saturated carbocycles. The molecular weight excluding hydrogens is 357 g/mol. The first-order chi connectivity index (χ1) is 13.4. The molecule has 0 radical (unpaired) electrons. The van der Waals surface area contributed by atoms with Gasteiger partial charge in [-0.05, 0) is 61.0 Å². The maximum absolute atomic E-state index is 13.5. The van der Waals surface area contributed by atoms with Gasteiger partial charge in [-0.3, -0.25) is 4.79 Å². The third-order valence-electron chi connectivity index (χ3n) is 4.89. The SMILES string of the molecule is CCCN(C(=O)Nc1ccc(F)c(C)c1)C(C)c1c[nH]c(=O)c2ccccc12. The van der Waals surface area contributed by atoms with Crippen LogP contribution in [0.15, 0.2) is 53.5 Å². The van der Waals surface area contributed by atoms with Gasteiger partial charge in [0.15, 0.2) is 0 Å². The minimum Gasteiger partial charge on any atom is -0.328 e. The predicted molar refractivity (Wildman–Crippen MR) is 110 cm³/mol. The standard InChI is InChI=1S/C22H24FN3O2/c1-4-11-26(22(28)25-16-9-10-20(23)14(2)12-16)15(3)19-13-24-21(27)18-8-6-5-7-17(18)19/h5-10,12-13,15H,4,11H2,1-3H3,(H,24,27)(H,25,28). The van der Waals surface area contributed by atoms with Gasteiger partial charge in [0.1, 0.15) is 5.82 Å². The van der Waals surface area contributed by atoms with Gasteiger partial charge in [0, 0.05) is 23.8 Å². The van der Waals surface area contributed by atoms with Crippen LogP contribution >= 0.6 is 0 Å². The van der Waals surface area contributed by atoms with E-state index in [0.29, 0.717) is 23.2 Å². The van der Waals surface area contributed by atoms with Crippen LogP contribution in [0.3, 0.4) is 0 Å². The van der Waals surface area contributed by atoms with Crippen molar-refractivity contribution in [2.45, 2.75) is 33.2 Å². The molecule has 0 fully saturated rings. The molecule has 1 atom stereocenters. The monoisotopic (exact) mass is 381 g/mol. The average Bonchev–Trinajstić information content (AvgIpc) is 2.69. The topological polar surface area (TPSA) is 65.2 Å². The van der Waals surface area contributed by atoms with E-state index < -0.39 is 0 Å². The number of pyridine rings is 1. The molecule has 1 unspecified atom stereocenters. The van der Waals surface area contributed by atoms with E-state index >= 15 is 0 Å². The summed E-state index contributed by atoms with van der Waals surface area (Å²) in [7, 11) is 0. The number of H-pyrrole nitrogens is 1. The van der Waals surface area contributed by atoms with Crippen LogP contribution in [0.25, 0.3) is 10.8 Å². The molecule has 0 aliphatic rings. The summed E-state index contributed by atoms with van der Waals surface area (Å²) in [6, 6.07) is 11.3. The number of urea groups is 1. The summed E-state index contributed by atoms with van der Waals surface area (Å²) < 4.78 is 13.5.